The van der Waals surface area contributed by atoms with Crippen LogP contribution in [0.15, 0.2) is 82.3 Å². The average Bonchev–Trinajstić information content (AvgIpc) is 3.29. The molecule has 2 aromatic carbocycles. The Kier molecular flexibility index (Phi) is 7.39. The molecule has 0 bridgehead atoms. The first-order chi connectivity index (χ1) is 16.6. The van der Waals surface area contributed by atoms with Gasteiger partial charge in [0.15, 0.2) is 11.5 Å². The lowest BCUT2D eigenvalue weighted by Gasteiger charge is -2.14. The summed E-state index contributed by atoms with van der Waals surface area (Å²) in [6, 6.07) is 19.7. The molecule has 0 aliphatic carbocycles. The smallest absolute Gasteiger partial charge is 0.206 e. The molecule has 174 valence electrons. The Balaban J connectivity index is 1.88. The first-order valence-electron chi connectivity index (χ1n) is 10.7. The third-order valence-corrected chi connectivity index (χ3v) is 6.03. The van der Waals surface area contributed by atoms with E-state index in [9.17, 15) is 0 Å². The van der Waals surface area contributed by atoms with Crippen LogP contribution in [0.25, 0.3) is 11.3 Å². The predicted octanol–water partition coefficient (Wildman–Crippen LogP) is 5.01. The van der Waals surface area contributed by atoms with Gasteiger partial charge in [0.2, 0.25) is 10.6 Å². The number of nitrogens with zero attached hydrogens (tertiary/aromatic N) is 4. The average molecular weight is 475 g/mol. The molecule has 0 saturated heterocycles. The summed E-state index contributed by atoms with van der Waals surface area (Å²) in [7, 11) is 4.80. The molecule has 0 amide bonds. The van der Waals surface area contributed by atoms with Crippen molar-refractivity contribution in [2.45, 2.75) is 13.5 Å². The second-order valence-corrected chi connectivity index (χ2v) is 8.17. The van der Waals surface area contributed by atoms with Crippen molar-refractivity contribution in [2.24, 2.45) is 10.1 Å². The Labute approximate surface area is 202 Å². The van der Waals surface area contributed by atoms with Crippen molar-refractivity contribution in [3.63, 3.8) is 0 Å². The van der Waals surface area contributed by atoms with E-state index in [1.165, 1.54) is 11.3 Å². The SMILES string of the molecule is COc1cc(-c2csc(=NCc3ccccc3)n2N=C(C)c2ccccn2)cc(OC)c1OC. The fourth-order valence-corrected chi connectivity index (χ4v) is 4.28. The van der Waals surface area contributed by atoms with E-state index in [0.29, 0.717) is 23.8 Å². The molecule has 0 aliphatic heterocycles. The van der Waals surface area contributed by atoms with Crippen LogP contribution in [-0.2, 0) is 6.54 Å². The predicted molar refractivity (Wildman–Crippen MR) is 135 cm³/mol. The number of ether oxygens (including phenoxy) is 3. The molecule has 7 nitrogen and oxygen atoms in total. The van der Waals surface area contributed by atoms with Crippen molar-refractivity contribution >= 4 is 17.0 Å². The fourth-order valence-electron chi connectivity index (χ4n) is 3.45. The second kappa shape index (κ2) is 10.8. The minimum absolute atomic E-state index is 0.540. The Bertz CT molecular complexity index is 1320. The molecule has 0 saturated carbocycles. The topological polar surface area (TPSA) is 70.2 Å². The maximum atomic E-state index is 5.56. The summed E-state index contributed by atoms with van der Waals surface area (Å²) in [6.07, 6.45) is 1.76. The van der Waals surface area contributed by atoms with E-state index < -0.39 is 0 Å². The summed E-state index contributed by atoms with van der Waals surface area (Å²) in [5, 5.41) is 6.93. The monoisotopic (exact) mass is 474 g/mol. The minimum atomic E-state index is 0.540. The van der Waals surface area contributed by atoms with Gasteiger partial charge in [-0.2, -0.15) is 5.10 Å². The summed E-state index contributed by atoms with van der Waals surface area (Å²) in [4.78, 5) is 10.1. The van der Waals surface area contributed by atoms with Gasteiger partial charge in [-0.15, -0.1) is 11.3 Å². The largest absolute Gasteiger partial charge is 0.493 e. The summed E-state index contributed by atoms with van der Waals surface area (Å²) in [6.45, 7) is 2.49. The molecular weight excluding hydrogens is 448 g/mol. The van der Waals surface area contributed by atoms with Crippen LogP contribution in [0.5, 0.6) is 17.2 Å². The third-order valence-electron chi connectivity index (χ3n) is 5.17. The number of rotatable bonds is 8. The van der Waals surface area contributed by atoms with E-state index in [0.717, 1.165) is 33.0 Å². The Morgan fingerprint density at radius 3 is 2.26 bits per heavy atom. The lowest BCUT2D eigenvalue weighted by Crippen LogP contribution is -2.15. The molecule has 0 fully saturated rings. The normalized spacial score (nSPS) is 12.0. The Hall–Kier alpha value is -3.91. The van der Waals surface area contributed by atoms with E-state index in [4.69, 9.17) is 24.3 Å². The van der Waals surface area contributed by atoms with Crippen LogP contribution in [-0.4, -0.2) is 36.7 Å². The lowest BCUT2D eigenvalue weighted by atomic mass is 10.1. The van der Waals surface area contributed by atoms with Gasteiger partial charge in [0.05, 0.1) is 45.0 Å². The van der Waals surface area contributed by atoms with Crippen molar-refractivity contribution in [1.29, 1.82) is 0 Å². The summed E-state index contributed by atoms with van der Waals surface area (Å²) >= 11 is 1.52. The van der Waals surface area contributed by atoms with Gasteiger partial charge < -0.3 is 14.2 Å². The number of pyridine rings is 1. The highest BCUT2D eigenvalue weighted by Crippen LogP contribution is 2.41. The van der Waals surface area contributed by atoms with Gasteiger partial charge >= 0.3 is 0 Å². The van der Waals surface area contributed by atoms with Crippen LogP contribution in [0, 0.1) is 0 Å². The maximum absolute atomic E-state index is 5.56. The molecule has 2 aromatic heterocycles. The van der Waals surface area contributed by atoms with E-state index >= 15 is 0 Å². The molecule has 0 atom stereocenters. The van der Waals surface area contributed by atoms with Crippen LogP contribution in [0.4, 0.5) is 0 Å². The molecule has 0 spiro atoms. The molecule has 0 unspecified atom stereocenters. The zero-order valence-corrected chi connectivity index (χ0v) is 20.4. The Morgan fingerprint density at radius 2 is 1.65 bits per heavy atom. The number of benzene rings is 2. The van der Waals surface area contributed by atoms with E-state index in [1.807, 2.05) is 65.5 Å². The van der Waals surface area contributed by atoms with Crippen LogP contribution in [0.3, 0.4) is 0 Å². The van der Waals surface area contributed by atoms with Gasteiger partial charge in [-0.3, -0.25) is 9.98 Å². The van der Waals surface area contributed by atoms with Crippen LogP contribution in [0.2, 0.25) is 0 Å². The zero-order chi connectivity index (χ0) is 23.9. The standard InChI is InChI=1S/C26H26N4O3S/c1-18(21-12-8-9-13-27-21)29-30-22(17-34-26(30)28-16-19-10-6-5-7-11-19)20-14-23(31-2)25(33-4)24(15-20)32-3/h5-15,17H,16H2,1-4H3. The lowest BCUT2D eigenvalue weighted by molar-refractivity contribution is 0.324. The van der Waals surface area contributed by atoms with Crippen molar-refractivity contribution < 1.29 is 14.2 Å². The second-order valence-electron chi connectivity index (χ2n) is 7.33. The summed E-state index contributed by atoms with van der Waals surface area (Å²) in [5.74, 6) is 1.68. The number of aromatic nitrogens is 2. The molecule has 4 rings (SSSR count). The molecule has 0 radical (unpaired) electrons. The molecule has 0 aliphatic rings. The molecule has 4 aromatic rings. The van der Waals surface area contributed by atoms with Crippen molar-refractivity contribution in [3.05, 3.63) is 88.3 Å². The molecule has 0 N–H and O–H groups in total. The molecule has 2 heterocycles. The highest BCUT2D eigenvalue weighted by molar-refractivity contribution is 7.07. The van der Waals surface area contributed by atoms with Gasteiger partial charge in [0, 0.05) is 17.1 Å². The number of methoxy groups -OCH3 is 3. The third kappa shape index (κ3) is 5.02. The maximum Gasteiger partial charge on any atom is 0.206 e. The first kappa shape index (κ1) is 23.3. The van der Waals surface area contributed by atoms with Gasteiger partial charge in [-0.1, -0.05) is 36.4 Å². The fraction of sp³-hybridized carbons (Fsp3) is 0.192. The number of hydrogen-bond acceptors (Lipinski definition) is 7. The van der Waals surface area contributed by atoms with E-state index in [2.05, 4.69) is 17.1 Å². The minimum Gasteiger partial charge on any atom is -0.493 e. The van der Waals surface area contributed by atoms with Gasteiger partial charge in [-0.05, 0) is 36.8 Å². The molecule has 8 heteroatoms. The first-order valence-corrected chi connectivity index (χ1v) is 11.5. The number of thiazole rings is 1. The quantitative estimate of drug-likeness (QED) is 0.337. The number of hydrogen-bond donors (Lipinski definition) is 0. The molecule has 34 heavy (non-hydrogen) atoms. The summed E-state index contributed by atoms with van der Waals surface area (Å²) < 4.78 is 18.5. The highest BCUT2D eigenvalue weighted by Gasteiger charge is 2.17. The van der Waals surface area contributed by atoms with Gasteiger partial charge in [0.25, 0.3) is 0 Å². The van der Waals surface area contributed by atoms with E-state index in [1.54, 1.807) is 27.5 Å². The van der Waals surface area contributed by atoms with E-state index in [-0.39, 0.29) is 0 Å². The zero-order valence-electron chi connectivity index (χ0n) is 19.6. The van der Waals surface area contributed by atoms with Gasteiger partial charge in [-0.25, -0.2) is 4.68 Å². The van der Waals surface area contributed by atoms with Gasteiger partial charge in [0.1, 0.15) is 0 Å². The Morgan fingerprint density at radius 1 is 0.941 bits per heavy atom. The molecular formula is C26H26N4O3S. The van der Waals surface area contributed by atoms with Crippen LogP contribution in [0.1, 0.15) is 18.2 Å². The van der Waals surface area contributed by atoms with Crippen molar-refractivity contribution in [2.75, 3.05) is 21.3 Å². The van der Waals surface area contributed by atoms with Crippen LogP contribution < -0.4 is 19.0 Å². The van der Waals surface area contributed by atoms with Crippen molar-refractivity contribution in [1.82, 2.24) is 9.66 Å². The summed E-state index contributed by atoms with van der Waals surface area (Å²) in [5.41, 5.74) is 4.41. The van der Waals surface area contributed by atoms with Crippen molar-refractivity contribution in [3.8, 4) is 28.5 Å². The highest BCUT2D eigenvalue weighted by atomic mass is 32.1. The van der Waals surface area contributed by atoms with Crippen LogP contribution >= 0.6 is 11.3 Å².